The number of methoxy groups -OCH3 is 1. The molecule has 200 valence electrons. The summed E-state index contributed by atoms with van der Waals surface area (Å²) < 4.78 is 24.4. The smallest absolute Gasteiger partial charge is 0.415 e. The van der Waals surface area contributed by atoms with Crippen molar-refractivity contribution in [3.8, 4) is 11.5 Å². The third kappa shape index (κ3) is 5.27. The average Bonchev–Trinajstić information content (AvgIpc) is 3.26. The number of hydrogen-bond acceptors (Lipinski definition) is 7. The first-order valence-electron chi connectivity index (χ1n) is 12.8. The normalized spacial score (nSPS) is 15.8. The van der Waals surface area contributed by atoms with E-state index in [2.05, 4.69) is 9.88 Å². The number of amides is 2. The first kappa shape index (κ1) is 25.9. The molecule has 9 nitrogen and oxygen atoms in total. The average molecular weight is 523 g/mol. The second-order valence-electron chi connectivity index (χ2n) is 9.62. The molecule has 1 N–H and O–H groups in total. The Hall–Kier alpha value is -3.76. The van der Waals surface area contributed by atoms with Crippen molar-refractivity contribution in [2.75, 3.05) is 46.4 Å². The summed E-state index contributed by atoms with van der Waals surface area (Å²) in [5, 5.41) is 11.4. The second-order valence-corrected chi connectivity index (χ2v) is 9.62. The van der Waals surface area contributed by atoms with Gasteiger partial charge in [-0.15, -0.1) is 0 Å². The van der Waals surface area contributed by atoms with E-state index in [-0.39, 0.29) is 41.5 Å². The number of unbranched alkanes of at least 4 members (excludes halogenated alkanes) is 1. The number of ether oxygens (including phenoxy) is 2. The number of benzene rings is 2. The van der Waals surface area contributed by atoms with Crippen LogP contribution in [0.15, 0.2) is 42.6 Å². The van der Waals surface area contributed by atoms with Gasteiger partial charge in [-0.25, -0.2) is 9.18 Å². The van der Waals surface area contributed by atoms with Crippen molar-refractivity contribution < 1.29 is 28.6 Å². The molecule has 10 heteroatoms. The minimum Gasteiger partial charge on any atom is -0.505 e. The molecule has 0 spiro atoms. The van der Waals surface area contributed by atoms with Crippen LogP contribution in [0.3, 0.4) is 0 Å². The number of hydrogen-bond donors (Lipinski definition) is 1. The number of carbonyl (C=O) groups excluding carboxylic acids is 2. The van der Waals surface area contributed by atoms with Crippen LogP contribution in [0.5, 0.6) is 11.5 Å². The maximum atomic E-state index is 13.4. The fraction of sp³-hybridized carbons (Fsp3) is 0.393. The van der Waals surface area contributed by atoms with Gasteiger partial charge in [0, 0.05) is 63.6 Å². The van der Waals surface area contributed by atoms with Crippen LogP contribution in [0.25, 0.3) is 10.9 Å². The van der Waals surface area contributed by atoms with E-state index in [9.17, 15) is 19.1 Å². The highest BCUT2D eigenvalue weighted by Gasteiger charge is 2.37. The van der Waals surface area contributed by atoms with Gasteiger partial charge in [-0.2, -0.15) is 0 Å². The Labute approximate surface area is 220 Å². The van der Waals surface area contributed by atoms with E-state index < -0.39 is 12.0 Å². The largest absolute Gasteiger partial charge is 0.505 e. The van der Waals surface area contributed by atoms with Crippen molar-refractivity contribution in [2.24, 2.45) is 0 Å². The quantitative estimate of drug-likeness (QED) is 0.450. The summed E-state index contributed by atoms with van der Waals surface area (Å²) in [6, 6.07) is 9.32. The van der Waals surface area contributed by atoms with Crippen LogP contribution in [0.2, 0.25) is 0 Å². The second kappa shape index (κ2) is 11.3. The molecule has 1 aromatic heterocycles. The van der Waals surface area contributed by atoms with Gasteiger partial charge in [-0.3, -0.25) is 14.7 Å². The van der Waals surface area contributed by atoms with Crippen LogP contribution in [-0.2, 0) is 17.8 Å². The number of aromatic nitrogens is 1. The molecular formula is C28H31FN4O5. The van der Waals surface area contributed by atoms with Crippen LogP contribution in [0, 0.1) is 5.82 Å². The maximum Gasteiger partial charge on any atom is 0.415 e. The summed E-state index contributed by atoms with van der Waals surface area (Å²) in [6.07, 6.45) is 3.07. The van der Waals surface area contributed by atoms with Gasteiger partial charge in [0.1, 0.15) is 17.1 Å². The van der Waals surface area contributed by atoms with E-state index in [4.69, 9.17) is 9.47 Å². The van der Waals surface area contributed by atoms with Crippen molar-refractivity contribution in [3.63, 3.8) is 0 Å². The first-order valence-corrected chi connectivity index (χ1v) is 12.8. The van der Waals surface area contributed by atoms with Crippen molar-refractivity contribution in [3.05, 3.63) is 65.1 Å². The molecule has 3 heterocycles. The minimum atomic E-state index is -0.494. The molecule has 1 fully saturated rings. The van der Waals surface area contributed by atoms with Gasteiger partial charge >= 0.3 is 6.09 Å². The molecule has 0 unspecified atom stereocenters. The van der Waals surface area contributed by atoms with Gasteiger partial charge in [0.25, 0.3) is 5.91 Å². The predicted molar refractivity (Wildman–Crippen MR) is 139 cm³/mol. The Morgan fingerprint density at radius 1 is 1.11 bits per heavy atom. The number of phenols is 1. The molecule has 5 rings (SSSR count). The van der Waals surface area contributed by atoms with Gasteiger partial charge in [-0.05, 0) is 49.2 Å². The van der Waals surface area contributed by atoms with E-state index in [0.717, 1.165) is 44.6 Å². The fourth-order valence-corrected chi connectivity index (χ4v) is 5.06. The first-order chi connectivity index (χ1) is 18.5. The highest BCUT2D eigenvalue weighted by molar-refractivity contribution is 6.09. The summed E-state index contributed by atoms with van der Waals surface area (Å²) in [4.78, 5) is 36.4. The van der Waals surface area contributed by atoms with E-state index >= 15 is 0 Å². The minimum absolute atomic E-state index is 0.0852. The lowest BCUT2D eigenvalue weighted by Crippen LogP contribution is -2.49. The summed E-state index contributed by atoms with van der Waals surface area (Å²) in [5.74, 6) is -0.749. The molecule has 3 aromatic rings. The molecule has 2 aliphatic rings. The Morgan fingerprint density at radius 3 is 2.61 bits per heavy atom. The van der Waals surface area contributed by atoms with Crippen LogP contribution in [0.1, 0.15) is 34.3 Å². The van der Waals surface area contributed by atoms with Gasteiger partial charge in [0.15, 0.2) is 5.75 Å². The maximum absolute atomic E-state index is 13.4. The van der Waals surface area contributed by atoms with Gasteiger partial charge in [0.05, 0.1) is 12.1 Å². The number of phenolic OH excluding ortho intramolecular Hbond substituents is 1. The number of halogens is 1. The Balaban J connectivity index is 1.35. The SMILES string of the molecule is COCCCCN1CCN(C(=O)Oc2c3c(c(O)c4ncccc24)C(=O)N(Cc2ccc(F)cc2)C3)CC1. The molecule has 2 aromatic carbocycles. The van der Waals surface area contributed by atoms with Crippen molar-refractivity contribution in [1.82, 2.24) is 19.7 Å². The van der Waals surface area contributed by atoms with Crippen LogP contribution in [-0.4, -0.2) is 83.2 Å². The van der Waals surface area contributed by atoms with Crippen molar-refractivity contribution in [2.45, 2.75) is 25.9 Å². The van der Waals surface area contributed by atoms with E-state index in [0.29, 0.717) is 24.0 Å². The summed E-state index contributed by atoms with van der Waals surface area (Å²) in [6.45, 7) is 4.64. The molecule has 0 atom stereocenters. The lowest BCUT2D eigenvalue weighted by Gasteiger charge is -2.34. The topological polar surface area (TPSA) is 95.4 Å². The zero-order valence-electron chi connectivity index (χ0n) is 21.4. The van der Waals surface area contributed by atoms with Gasteiger partial charge in [-0.1, -0.05) is 12.1 Å². The molecule has 0 saturated carbocycles. The number of rotatable bonds is 8. The molecule has 0 aliphatic carbocycles. The third-order valence-corrected chi connectivity index (χ3v) is 7.12. The fourth-order valence-electron chi connectivity index (χ4n) is 5.06. The zero-order valence-corrected chi connectivity index (χ0v) is 21.4. The number of piperazine rings is 1. The molecule has 38 heavy (non-hydrogen) atoms. The van der Waals surface area contributed by atoms with Crippen LogP contribution < -0.4 is 4.74 Å². The van der Waals surface area contributed by atoms with Crippen LogP contribution in [0.4, 0.5) is 9.18 Å². The molecule has 0 radical (unpaired) electrons. The molecule has 0 bridgehead atoms. The third-order valence-electron chi connectivity index (χ3n) is 7.12. The highest BCUT2D eigenvalue weighted by Crippen LogP contribution is 2.44. The van der Waals surface area contributed by atoms with Crippen molar-refractivity contribution >= 4 is 22.9 Å². The number of fused-ring (bicyclic) bond motifs is 2. The Morgan fingerprint density at radius 2 is 1.87 bits per heavy atom. The zero-order chi connectivity index (χ0) is 26.6. The number of carbonyl (C=O) groups is 2. The monoisotopic (exact) mass is 522 g/mol. The van der Waals surface area contributed by atoms with E-state index in [1.807, 2.05) is 0 Å². The summed E-state index contributed by atoms with van der Waals surface area (Å²) >= 11 is 0. The molecule has 2 aliphatic heterocycles. The molecular weight excluding hydrogens is 491 g/mol. The van der Waals surface area contributed by atoms with Crippen LogP contribution >= 0.6 is 0 Å². The Kier molecular flexibility index (Phi) is 7.71. The Bertz CT molecular complexity index is 1330. The predicted octanol–water partition coefficient (Wildman–Crippen LogP) is 3.78. The van der Waals surface area contributed by atoms with E-state index in [1.54, 1.807) is 36.3 Å². The number of pyridine rings is 1. The van der Waals surface area contributed by atoms with Gasteiger partial charge < -0.3 is 24.4 Å². The van der Waals surface area contributed by atoms with Crippen molar-refractivity contribution in [1.29, 1.82) is 0 Å². The summed E-state index contributed by atoms with van der Waals surface area (Å²) in [5.41, 5.74) is 1.47. The van der Waals surface area contributed by atoms with E-state index in [1.165, 1.54) is 23.2 Å². The lowest BCUT2D eigenvalue weighted by molar-refractivity contribution is 0.0764. The standard InChI is InChI=1S/C28H31FN4O5/c1-37-16-3-2-11-31-12-14-32(15-13-31)28(36)38-26-21-5-4-10-30-24(21)25(34)23-22(26)18-33(27(23)35)17-19-6-8-20(29)9-7-19/h4-10,34H,2-3,11-18H2,1H3. The lowest BCUT2D eigenvalue weighted by atomic mass is 10.0. The highest BCUT2D eigenvalue weighted by atomic mass is 19.1. The molecule has 1 saturated heterocycles. The number of nitrogens with zero attached hydrogens (tertiary/aromatic N) is 4. The molecule has 2 amide bonds. The summed E-state index contributed by atoms with van der Waals surface area (Å²) in [7, 11) is 1.70. The number of aromatic hydroxyl groups is 1. The van der Waals surface area contributed by atoms with Gasteiger partial charge in [0.2, 0.25) is 0 Å².